The number of likely N-dealkylation sites (N-methyl/N-ethyl adjacent to an activating group) is 1. The Hall–Kier alpha value is -2.04. The van der Waals surface area contributed by atoms with Gasteiger partial charge in [0.25, 0.3) is 5.91 Å². The number of rotatable bonds is 5. The van der Waals surface area contributed by atoms with Crippen molar-refractivity contribution in [1.82, 2.24) is 4.90 Å². The molecule has 0 heterocycles. The summed E-state index contributed by atoms with van der Waals surface area (Å²) in [5.74, 6) is -0.703. The number of carbonyl (C=O) groups excluding carboxylic acids is 2. The van der Waals surface area contributed by atoms with Crippen molar-refractivity contribution in [2.45, 2.75) is 25.8 Å². The maximum absolute atomic E-state index is 11.9. The number of nitrogens with zero attached hydrogens (tertiary/aromatic N) is 1. The summed E-state index contributed by atoms with van der Waals surface area (Å²) in [6, 6.07) is 6.99. The highest BCUT2D eigenvalue weighted by atomic mass is 16.5. The number of amides is 1. The standard InChI is InChI=1S/C14H18N2O3/c1-2-16(10-7-8-10)13(17)9-19-14(18)11-5-3-4-6-12(11)15/h3-6,10H,2,7-9,15H2,1H3. The van der Waals surface area contributed by atoms with E-state index in [4.69, 9.17) is 10.5 Å². The van der Waals surface area contributed by atoms with E-state index in [-0.39, 0.29) is 12.5 Å². The molecule has 1 amide bonds. The third-order valence-corrected chi connectivity index (χ3v) is 3.16. The van der Waals surface area contributed by atoms with E-state index in [1.807, 2.05) is 6.92 Å². The van der Waals surface area contributed by atoms with Crippen molar-refractivity contribution in [3.05, 3.63) is 29.8 Å². The molecule has 0 bridgehead atoms. The fraction of sp³-hybridized carbons (Fsp3) is 0.429. The van der Waals surface area contributed by atoms with Gasteiger partial charge in [0.05, 0.1) is 5.56 Å². The number of nitrogens with two attached hydrogens (primary N) is 1. The summed E-state index contributed by atoms with van der Waals surface area (Å²) >= 11 is 0. The van der Waals surface area contributed by atoms with Crippen LogP contribution in [-0.2, 0) is 9.53 Å². The molecule has 0 spiro atoms. The van der Waals surface area contributed by atoms with E-state index in [0.29, 0.717) is 23.8 Å². The number of hydrogen-bond acceptors (Lipinski definition) is 4. The summed E-state index contributed by atoms with van der Waals surface area (Å²) in [6.07, 6.45) is 2.08. The zero-order chi connectivity index (χ0) is 13.8. The number of nitrogen functional groups attached to an aromatic ring is 1. The van der Waals surface area contributed by atoms with E-state index >= 15 is 0 Å². The molecule has 0 saturated heterocycles. The van der Waals surface area contributed by atoms with Crippen molar-refractivity contribution >= 4 is 17.6 Å². The van der Waals surface area contributed by atoms with Gasteiger partial charge >= 0.3 is 5.97 Å². The van der Waals surface area contributed by atoms with Gasteiger partial charge in [0.2, 0.25) is 0 Å². The van der Waals surface area contributed by atoms with Gasteiger partial charge in [0.1, 0.15) is 0 Å². The SMILES string of the molecule is CCN(C(=O)COC(=O)c1ccccc1N)C1CC1. The molecule has 0 aromatic heterocycles. The van der Waals surface area contributed by atoms with Crippen LogP contribution in [0.2, 0.25) is 0 Å². The highest BCUT2D eigenvalue weighted by Crippen LogP contribution is 2.26. The quantitative estimate of drug-likeness (QED) is 0.643. The van der Waals surface area contributed by atoms with Crippen LogP contribution >= 0.6 is 0 Å². The molecule has 1 aliphatic carbocycles. The van der Waals surface area contributed by atoms with Gasteiger partial charge in [-0.25, -0.2) is 4.79 Å². The Morgan fingerprint density at radius 3 is 2.63 bits per heavy atom. The van der Waals surface area contributed by atoms with Gasteiger partial charge in [-0.1, -0.05) is 12.1 Å². The van der Waals surface area contributed by atoms with Crippen molar-refractivity contribution < 1.29 is 14.3 Å². The van der Waals surface area contributed by atoms with Gasteiger partial charge in [-0.2, -0.15) is 0 Å². The lowest BCUT2D eigenvalue weighted by molar-refractivity contribution is -0.134. The average Bonchev–Trinajstić information content (AvgIpc) is 3.22. The first-order chi connectivity index (χ1) is 9.13. The van der Waals surface area contributed by atoms with Gasteiger partial charge in [0.15, 0.2) is 6.61 Å². The molecule has 5 nitrogen and oxygen atoms in total. The number of carbonyl (C=O) groups is 2. The molecular weight excluding hydrogens is 244 g/mol. The van der Waals surface area contributed by atoms with Gasteiger partial charge in [0, 0.05) is 18.3 Å². The summed E-state index contributed by atoms with van der Waals surface area (Å²) in [5.41, 5.74) is 6.33. The molecular formula is C14H18N2O3. The lowest BCUT2D eigenvalue weighted by Gasteiger charge is -2.20. The summed E-state index contributed by atoms with van der Waals surface area (Å²) in [7, 11) is 0. The number of esters is 1. The molecule has 1 aromatic rings. The Morgan fingerprint density at radius 1 is 1.37 bits per heavy atom. The Bertz CT molecular complexity index is 483. The minimum atomic E-state index is -0.557. The fourth-order valence-electron chi connectivity index (χ4n) is 2.00. The van der Waals surface area contributed by atoms with Gasteiger partial charge < -0.3 is 15.4 Å². The first kappa shape index (κ1) is 13.4. The lowest BCUT2D eigenvalue weighted by Crippen LogP contribution is -2.36. The molecule has 5 heteroatoms. The van der Waals surface area contributed by atoms with Crippen LogP contribution in [0.5, 0.6) is 0 Å². The van der Waals surface area contributed by atoms with Crippen molar-refractivity contribution in [1.29, 1.82) is 0 Å². The minimum absolute atomic E-state index is 0.146. The number of ether oxygens (including phenoxy) is 1. The van der Waals surface area contributed by atoms with Crippen LogP contribution in [0.3, 0.4) is 0 Å². The molecule has 1 aliphatic rings. The van der Waals surface area contributed by atoms with Crippen molar-refractivity contribution in [2.24, 2.45) is 0 Å². The summed E-state index contributed by atoms with van der Waals surface area (Å²) in [6.45, 7) is 2.35. The van der Waals surface area contributed by atoms with Crippen LogP contribution in [-0.4, -0.2) is 36.0 Å². The summed E-state index contributed by atoms with van der Waals surface area (Å²) in [5, 5.41) is 0. The van der Waals surface area contributed by atoms with Gasteiger partial charge in [-0.05, 0) is 31.9 Å². The van der Waals surface area contributed by atoms with Crippen LogP contribution < -0.4 is 5.73 Å². The molecule has 0 unspecified atom stereocenters. The molecule has 1 saturated carbocycles. The van der Waals surface area contributed by atoms with Crippen LogP contribution in [0.25, 0.3) is 0 Å². The first-order valence-corrected chi connectivity index (χ1v) is 6.44. The smallest absolute Gasteiger partial charge is 0.340 e. The van der Waals surface area contributed by atoms with Crippen LogP contribution in [0.1, 0.15) is 30.1 Å². The highest BCUT2D eigenvalue weighted by molar-refractivity contribution is 5.96. The Kier molecular flexibility index (Phi) is 4.04. The lowest BCUT2D eigenvalue weighted by atomic mass is 10.2. The molecule has 0 aliphatic heterocycles. The fourth-order valence-corrected chi connectivity index (χ4v) is 2.00. The second-order valence-corrected chi connectivity index (χ2v) is 4.57. The monoisotopic (exact) mass is 262 g/mol. The molecule has 102 valence electrons. The van der Waals surface area contributed by atoms with Crippen molar-refractivity contribution in [3.63, 3.8) is 0 Å². The maximum atomic E-state index is 11.9. The summed E-state index contributed by atoms with van der Waals surface area (Å²) < 4.78 is 5.02. The second kappa shape index (κ2) is 5.73. The zero-order valence-electron chi connectivity index (χ0n) is 11.0. The van der Waals surface area contributed by atoms with E-state index < -0.39 is 5.97 Å². The molecule has 1 aromatic carbocycles. The molecule has 0 atom stereocenters. The Balaban J connectivity index is 1.90. The van der Waals surface area contributed by atoms with Crippen LogP contribution in [0.4, 0.5) is 5.69 Å². The van der Waals surface area contributed by atoms with Crippen molar-refractivity contribution in [3.8, 4) is 0 Å². The second-order valence-electron chi connectivity index (χ2n) is 4.57. The average molecular weight is 262 g/mol. The van der Waals surface area contributed by atoms with E-state index in [1.165, 1.54) is 0 Å². The number of hydrogen-bond donors (Lipinski definition) is 1. The predicted molar refractivity (Wildman–Crippen MR) is 71.5 cm³/mol. The van der Waals surface area contributed by atoms with E-state index in [0.717, 1.165) is 12.8 Å². The normalized spacial score (nSPS) is 13.9. The van der Waals surface area contributed by atoms with Gasteiger partial charge in [-0.15, -0.1) is 0 Å². The van der Waals surface area contributed by atoms with E-state index in [9.17, 15) is 9.59 Å². The third-order valence-electron chi connectivity index (χ3n) is 3.16. The number of para-hydroxylation sites is 1. The Morgan fingerprint density at radius 2 is 2.05 bits per heavy atom. The molecule has 2 rings (SSSR count). The topological polar surface area (TPSA) is 72.6 Å². The van der Waals surface area contributed by atoms with Crippen LogP contribution in [0.15, 0.2) is 24.3 Å². The molecule has 19 heavy (non-hydrogen) atoms. The third kappa shape index (κ3) is 3.24. The highest BCUT2D eigenvalue weighted by Gasteiger charge is 2.31. The molecule has 0 radical (unpaired) electrons. The first-order valence-electron chi connectivity index (χ1n) is 6.44. The summed E-state index contributed by atoms with van der Waals surface area (Å²) in [4.78, 5) is 25.4. The predicted octanol–water partition coefficient (Wildman–Crippen LogP) is 1.44. The minimum Gasteiger partial charge on any atom is -0.452 e. The Labute approximate surface area is 112 Å². The van der Waals surface area contributed by atoms with Crippen molar-refractivity contribution in [2.75, 3.05) is 18.9 Å². The molecule has 1 fully saturated rings. The van der Waals surface area contributed by atoms with Gasteiger partial charge in [-0.3, -0.25) is 4.79 Å². The van der Waals surface area contributed by atoms with Crippen LogP contribution in [0, 0.1) is 0 Å². The zero-order valence-corrected chi connectivity index (χ0v) is 11.0. The largest absolute Gasteiger partial charge is 0.452 e. The number of anilines is 1. The maximum Gasteiger partial charge on any atom is 0.340 e. The van der Waals surface area contributed by atoms with E-state index in [2.05, 4.69) is 0 Å². The molecule has 2 N–H and O–H groups in total. The van der Waals surface area contributed by atoms with E-state index in [1.54, 1.807) is 29.2 Å². The number of benzene rings is 1.